The number of anilines is 1. The summed E-state index contributed by atoms with van der Waals surface area (Å²) in [6.07, 6.45) is 0. The number of fused-ring (bicyclic) bond motifs is 4. The normalized spacial score (nSPS) is 14.5. The summed E-state index contributed by atoms with van der Waals surface area (Å²) < 4.78 is 37.6. The minimum absolute atomic E-state index is 0.121. The van der Waals surface area contributed by atoms with E-state index in [9.17, 15) is 18.3 Å². The second-order valence-corrected chi connectivity index (χ2v) is 10.6. The zero-order chi connectivity index (χ0) is 26.3. The van der Waals surface area contributed by atoms with Gasteiger partial charge in [0.25, 0.3) is 15.6 Å². The Kier molecular flexibility index (Phi) is 6.35. The Labute approximate surface area is 212 Å². The maximum atomic E-state index is 13.6. The molecular formula is C24H27N7O5S. The maximum absolute atomic E-state index is 13.6. The molecule has 4 aromatic rings. The van der Waals surface area contributed by atoms with E-state index in [1.807, 2.05) is 13.8 Å². The number of rotatable bonds is 8. The van der Waals surface area contributed by atoms with Crippen LogP contribution in [0.3, 0.4) is 0 Å². The van der Waals surface area contributed by atoms with Crippen LogP contribution in [0.2, 0.25) is 0 Å². The molecule has 0 fully saturated rings. The second kappa shape index (κ2) is 9.50. The SMILES string of the molecule is CC(C)CNn1c(=O)c(C2=NS(=O)(=O)c3c(ccc4oc(CNCCN)nc34)N2)c(O)c2ccccc21. The number of aromatic hydroxyl groups is 1. The van der Waals surface area contributed by atoms with Crippen molar-refractivity contribution in [1.29, 1.82) is 0 Å². The Balaban J connectivity index is 1.64. The van der Waals surface area contributed by atoms with Crippen molar-refractivity contribution in [1.82, 2.24) is 15.0 Å². The average molecular weight is 526 g/mol. The lowest BCUT2D eigenvalue weighted by Gasteiger charge is -2.21. The molecule has 194 valence electrons. The number of benzene rings is 2. The molecule has 0 bridgehead atoms. The van der Waals surface area contributed by atoms with Gasteiger partial charge in [-0.2, -0.15) is 8.42 Å². The molecule has 0 spiro atoms. The molecule has 0 unspecified atom stereocenters. The van der Waals surface area contributed by atoms with Gasteiger partial charge in [0.2, 0.25) is 5.89 Å². The number of para-hydroxylation sites is 1. The fraction of sp³-hybridized carbons (Fsp3) is 0.292. The molecule has 2 aromatic heterocycles. The highest BCUT2D eigenvalue weighted by Gasteiger charge is 2.33. The van der Waals surface area contributed by atoms with Crippen molar-refractivity contribution in [3.63, 3.8) is 0 Å². The van der Waals surface area contributed by atoms with Crippen molar-refractivity contribution in [3.8, 4) is 5.75 Å². The first-order chi connectivity index (χ1) is 17.7. The van der Waals surface area contributed by atoms with Gasteiger partial charge in [0.05, 0.1) is 17.7 Å². The van der Waals surface area contributed by atoms with Gasteiger partial charge < -0.3 is 31.3 Å². The molecule has 1 aliphatic heterocycles. The van der Waals surface area contributed by atoms with Gasteiger partial charge in [-0.15, -0.1) is 4.40 Å². The van der Waals surface area contributed by atoms with Crippen LogP contribution in [0, 0.1) is 5.92 Å². The number of oxazole rings is 1. The molecular weight excluding hydrogens is 498 g/mol. The molecule has 0 amide bonds. The van der Waals surface area contributed by atoms with Gasteiger partial charge in [-0.1, -0.05) is 26.0 Å². The van der Waals surface area contributed by atoms with E-state index >= 15 is 0 Å². The van der Waals surface area contributed by atoms with E-state index in [2.05, 4.69) is 25.4 Å². The lowest BCUT2D eigenvalue weighted by molar-refractivity contribution is 0.478. The van der Waals surface area contributed by atoms with Gasteiger partial charge in [0, 0.05) is 25.0 Å². The minimum atomic E-state index is -4.32. The predicted octanol–water partition coefficient (Wildman–Crippen LogP) is 1.66. The van der Waals surface area contributed by atoms with E-state index in [0.717, 1.165) is 0 Å². The van der Waals surface area contributed by atoms with E-state index in [-0.39, 0.29) is 51.3 Å². The van der Waals surface area contributed by atoms with Crippen LogP contribution < -0.4 is 27.4 Å². The summed E-state index contributed by atoms with van der Waals surface area (Å²) in [5, 5.41) is 17.4. The van der Waals surface area contributed by atoms with Crippen molar-refractivity contribution in [3.05, 3.63) is 58.2 Å². The lowest BCUT2D eigenvalue weighted by atomic mass is 10.1. The molecule has 12 nitrogen and oxygen atoms in total. The van der Waals surface area contributed by atoms with Crippen LogP contribution in [0.1, 0.15) is 25.3 Å². The molecule has 2 aromatic carbocycles. The summed E-state index contributed by atoms with van der Waals surface area (Å²) in [5.74, 6) is -0.133. The Morgan fingerprint density at radius 2 is 2.00 bits per heavy atom. The van der Waals surface area contributed by atoms with E-state index < -0.39 is 15.6 Å². The Hall–Kier alpha value is -3.94. The van der Waals surface area contributed by atoms with E-state index in [1.165, 1.54) is 10.7 Å². The van der Waals surface area contributed by atoms with Crippen molar-refractivity contribution in [2.45, 2.75) is 25.3 Å². The van der Waals surface area contributed by atoms with Crippen LogP contribution in [0.5, 0.6) is 5.75 Å². The summed E-state index contributed by atoms with van der Waals surface area (Å²) in [4.78, 5) is 17.7. The first-order valence-electron chi connectivity index (χ1n) is 11.8. The van der Waals surface area contributed by atoms with Gasteiger partial charge in [0.15, 0.2) is 11.4 Å². The molecule has 5 rings (SSSR count). The number of nitrogens with one attached hydrogen (secondary N) is 3. The van der Waals surface area contributed by atoms with Gasteiger partial charge >= 0.3 is 0 Å². The predicted molar refractivity (Wildman–Crippen MR) is 141 cm³/mol. The molecule has 0 radical (unpaired) electrons. The van der Waals surface area contributed by atoms with E-state index in [1.54, 1.807) is 30.3 Å². The highest BCUT2D eigenvalue weighted by Crippen LogP contribution is 2.36. The van der Waals surface area contributed by atoms with Crippen molar-refractivity contribution in [2.24, 2.45) is 16.0 Å². The molecule has 13 heteroatoms. The van der Waals surface area contributed by atoms with Crippen molar-refractivity contribution in [2.75, 3.05) is 30.4 Å². The Morgan fingerprint density at radius 1 is 1.22 bits per heavy atom. The average Bonchev–Trinajstić information content (AvgIpc) is 3.26. The standard InChI is InChI=1S/C24H27N7O5S/c1-13(2)11-27-31-16-6-4-3-5-14(16)21(32)19(24(31)33)23-28-15-7-8-17-20(22(15)37(34,35)30-23)29-18(36-17)12-26-10-9-25/h3-8,13,26-27,32H,9-12,25H2,1-2H3,(H,28,30). The summed E-state index contributed by atoms with van der Waals surface area (Å²) in [5.41, 5.74) is 8.67. The molecule has 0 atom stereocenters. The third kappa shape index (κ3) is 4.41. The van der Waals surface area contributed by atoms with Crippen LogP contribution >= 0.6 is 0 Å². The maximum Gasteiger partial charge on any atom is 0.288 e. The number of sulfonamides is 1. The molecule has 3 heterocycles. The number of aromatic nitrogens is 2. The molecule has 37 heavy (non-hydrogen) atoms. The number of nitrogens with zero attached hydrogens (tertiary/aromatic N) is 3. The monoisotopic (exact) mass is 525 g/mol. The van der Waals surface area contributed by atoms with Gasteiger partial charge in [-0.25, -0.2) is 9.66 Å². The summed E-state index contributed by atoms with van der Waals surface area (Å²) in [6, 6.07) is 9.89. The van der Waals surface area contributed by atoms with Crippen LogP contribution in [0.4, 0.5) is 5.69 Å². The highest BCUT2D eigenvalue weighted by molar-refractivity contribution is 7.90. The number of hydrogen-bond acceptors (Lipinski definition) is 10. The van der Waals surface area contributed by atoms with Crippen LogP contribution in [0.25, 0.3) is 22.0 Å². The Bertz CT molecular complexity index is 1710. The van der Waals surface area contributed by atoms with Gasteiger partial charge in [0.1, 0.15) is 21.7 Å². The first kappa shape index (κ1) is 24.7. The van der Waals surface area contributed by atoms with E-state index in [0.29, 0.717) is 36.4 Å². The summed E-state index contributed by atoms with van der Waals surface area (Å²) >= 11 is 0. The van der Waals surface area contributed by atoms with Crippen molar-refractivity contribution >= 4 is 43.5 Å². The third-order valence-corrected chi connectivity index (χ3v) is 7.18. The lowest BCUT2D eigenvalue weighted by Crippen LogP contribution is -2.37. The van der Waals surface area contributed by atoms with E-state index in [4.69, 9.17) is 10.2 Å². The minimum Gasteiger partial charge on any atom is -0.506 e. The first-order valence-corrected chi connectivity index (χ1v) is 13.2. The second-order valence-electron chi connectivity index (χ2n) is 9.04. The fourth-order valence-corrected chi connectivity index (χ4v) is 5.40. The number of hydrogen-bond donors (Lipinski definition) is 5. The van der Waals surface area contributed by atoms with Gasteiger partial charge in [-0.05, 0) is 30.2 Å². The molecule has 1 aliphatic rings. The third-order valence-electron chi connectivity index (χ3n) is 5.83. The number of amidine groups is 1. The summed E-state index contributed by atoms with van der Waals surface area (Å²) in [7, 11) is -4.32. The topological polar surface area (TPSA) is 177 Å². The summed E-state index contributed by atoms with van der Waals surface area (Å²) in [6.45, 7) is 5.70. The van der Waals surface area contributed by atoms with Crippen LogP contribution in [0.15, 0.2) is 54.9 Å². The fourth-order valence-electron chi connectivity index (χ4n) is 4.14. The van der Waals surface area contributed by atoms with Gasteiger partial charge in [-0.3, -0.25) is 4.79 Å². The smallest absolute Gasteiger partial charge is 0.288 e. The molecule has 0 saturated heterocycles. The highest BCUT2D eigenvalue weighted by atomic mass is 32.2. The van der Waals surface area contributed by atoms with Crippen molar-refractivity contribution < 1.29 is 17.9 Å². The molecule has 0 aliphatic carbocycles. The number of pyridine rings is 1. The molecule has 0 saturated carbocycles. The van der Waals surface area contributed by atoms with Crippen LogP contribution in [-0.4, -0.2) is 48.7 Å². The largest absolute Gasteiger partial charge is 0.506 e. The zero-order valence-electron chi connectivity index (χ0n) is 20.3. The quantitative estimate of drug-likeness (QED) is 0.213. The van der Waals surface area contributed by atoms with Crippen LogP contribution in [-0.2, 0) is 16.6 Å². The zero-order valence-corrected chi connectivity index (χ0v) is 21.1. The molecule has 6 N–H and O–H groups in total. The number of nitrogens with two attached hydrogens (primary N) is 1. The Morgan fingerprint density at radius 3 is 2.76 bits per heavy atom.